The summed E-state index contributed by atoms with van der Waals surface area (Å²) in [4.78, 5) is 3.61. The van der Waals surface area contributed by atoms with Crippen LogP contribution < -0.4 is 5.32 Å². The monoisotopic (exact) mass is 292 g/mol. The molecule has 0 aliphatic carbocycles. The highest BCUT2D eigenvalue weighted by Crippen LogP contribution is 2.26. The van der Waals surface area contributed by atoms with Gasteiger partial charge in [-0.1, -0.05) is 43.3 Å². The predicted octanol–water partition coefficient (Wildman–Crippen LogP) is 5.00. The Bertz CT molecular complexity index is 784. The number of anilines is 1. The highest BCUT2D eigenvalue weighted by Gasteiger charge is 2.11. The van der Waals surface area contributed by atoms with Gasteiger partial charge in [0.2, 0.25) is 0 Å². The number of hydrogen-bond donors (Lipinski definition) is 2. The normalized spacial score (nSPS) is 11.0. The van der Waals surface area contributed by atoms with Gasteiger partial charge in [0.05, 0.1) is 0 Å². The van der Waals surface area contributed by atoms with Crippen LogP contribution in [-0.4, -0.2) is 11.5 Å². The van der Waals surface area contributed by atoms with Gasteiger partial charge < -0.3 is 10.3 Å². The SMILES string of the molecule is CCc1[nH]c2c(C)cccc2c1CCNc1ccccc1C. The Labute approximate surface area is 132 Å². The third kappa shape index (κ3) is 2.74. The molecule has 114 valence electrons. The van der Waals surface area contributed by atoms with Crippen molar-refractivity contribution in [2.75, 3.05) is 11.9 Å². The number of aromatic nitrogens is 1. The molecule has 0 saturated heterocycles. The lowest BCUT2D eigenvalue weighted by molar-refractivity contribution is 0.966. The van der Waals surface area contributed by atoms with E-state index in [-0.39, 0.29) is 0 Å². The van der Waals surface area contributed by atoms with E-state index in [1.54, 1.807) is 0 Å². The van der Waals surface area contributed by atoms with Crippen LogP contribution >= 0.6 is 0 Å². The maximum atomic E-state index is 3.61. The van der Waals surface area contributed by atoms with Gasteiger partial charge in [0.1, 0.15) is 0 Å². The summed E-state index contributed by atoms with van der Waals surface area (Å²) in [5.41, 5.74) is 7.98. The summed E-state index contributed by atoms with van der Waals surface area (Å²) in [7, 11) is 0. The van der Waals surface area contributed by atoms with Crippen molar-refractivity contribution in [1.82, 2.24) is 4.98 Å². The standard InChI is InChI=1S/C20H24N2/c1-4-18-16(17-10-7-9-15(3)20(17)22-18)12-13-21-19-11-6-5-8-14(19)2/h5-11,21-22H,4,12-13H2,1-3H3. The smallest absolute Gasteiger partial charge is 0.0488 e. The number of aromatic amines is 1. The molecule has 0 unspecified atom stereocenters. The summed E-state index contributed by atoms with van der Waals surface area (Å²) in [6.07, 6.45) is 2.09. The number of para-hydroxylation sites is 2. The number of H-pyrrole nitrogens is 1. The fourth-order valence-electron chi connectivity index (χ4n) is 3.15. The van der Waals surface area contributed by atoms with Crippen molar-refractivity contribution >= 4 is 16.6 Å². The molecule has 22 heavy (non-hydrogen) atoms. The Kier molecular flexibility index (Phi) is 4.19. The highest BCUT2D eigenvalue weighted by atomic mass is 14.9. The lowest BCUT2D eigenvalue weighted by atomic mass is 10.0. The molecule has 1 aromatic heterocycles. The van der Waals surface area contributed by atoms with Crippen LogP contribution in [0.15, 0.2) is 42.5 Å². The average molecular weight is 292 g/mol. The first-order valence-electron chi connectivity index (χ1n) is 8.09. The zero-order valence-electron chi connectivity index (χ0n) is 13.7. The van der Waals surface area contributed by atoms with Crippen LogP contribution in [0.25, 0.3) is 10.9 Å². The van der Waals surface area contributed by atoms with Gasteiger partial charge in [0.15, 0.2) is 0 Å². The van der Waals surface area contributed by atoms with E-state index < -0.39 is 0 Å². The fraction of sp³-hybridized carbons (Fsp3) is 0.300. The molecule has 0 radical (unpaired) electrons. The topological polar surface area (TPSA) is 27.8 Å². The van der Waals surface area contributed by atoms with Gasteiger partial charge in [-0.2, -0.15) is 0 Å². The molecule has 0 atom stereocenters. The number of fused-ring (bicyclic) bond motifs is 1. The first-order chi connectivity index (χ1) is 10.7. The highest BCUT2D eigenvalue weighted by molar-refractivity contribution is 5.87. The second-order valence-electron chi connectivity index (χ2n) is 5.92. The molecule has 2 nitrogen and oxygen atoms in total. The first-order valence-corrected chi connectivity index (χ1v) is 8.09. The Morgan fingerprint density at radius 1 is 0.955 bits per heavy atom. The molecule has 3 rings (SSSR count). The van der Waals surface area contributed by atoms with Gasteiger partial charge in [-0.3, -0.25) is 0 Å². The molecule has 0 aliphatic heterocycles. The molecule has 0 aliphatic rings. The van der Waals surface area contributed by atoms with Crippen LogP contribution in [0.4, 0.5) is 5.69 Å². The molecule has 0 spiro atoms. The molecule has 1 heterocycles. The summed E-state index contributed by atoms with van der Waals surface area (Å²) in [5.74, 6) is 0. The largest absolute Gasteiger partial charge is 0.384 e. The Balaban J connectivity index is 1.82. The Hall–Kier alpha value is -2.22. The summed E-state index contributed by atoms with van der Waals surface area (Å²) in [6, 6.07) is 15.0. The van der Waals surface area contributed by atoms with Crippen molar-refractivity contribution in [3.05, 3.63) is 64.8 Å². The van der Waals surface area contributed by atoms with Gasteiger partial charge in [-0.15, -0.1) is 0 Å². The zero-order chi connectivity index (χ0) is 15.5. The van der Waals surface area contributed by atoms with E-state index in [1.165, 1.54) is 39.0 Å². The van der Waals surface area contributed by atoms with Crippen molar-refractivity contribution in [3.8, 4) is 0 Å². The second-order valence-corrected chi connectivity index (χ2v) is 5.92. The molecule has 0 saturated carbocycles. The number of hydrogen-bond acceptors (Lipinski definition) is 1. The number of nitrogens with one attached hydrogen (secondary N) is 2. The predicted molar refractivity (Wildman–Crippen MR) is 95.8 cm³/mol. The second kappa shape index (κ2) is 6.27. The number of rotatable bonds is 5. The fourth-order valence-corrected chi connectivity index (χ4v) is 3.15. The quantitative estimate of drug-likeness (QED) is 0.680. The molecule has 0 bridgehead atoms. The van der Waals surface area contributed by atoms with Crippen molar-refractivity contribution in [1.29, 1.82) is 0 Å². The third-order valence-corrected chi connectivity index (χ3v) is 4.43. The zero-order valence-corrected chi connectivity index (χ0v) is 13.7. The molecule has 0 fully saturated rings. The average Bonchev–Trinajstić information content (AvgIpc) is 2.89. The Morgan fingerprint density at radius 2 is 1.73 bits per heavy atom. The minimum Gasteiger partial charge on any atom is -0.384 e. The van der Waals surface area contributed by atoms with E-state index >= 15 is 0 Å². The van der Waals surface area contributed by atoms with Crippen LogP contribution in [0.5, 0.6) is 0 Å². The number of aryl methyl sites for hydroxylation is 3. The molecular formula is C20H24N2. The van der Waals surface area contributed by atoms with Crippen LogP contribution in [0.2, 0.25) is 0 Å². The molecule has 2 N–H and O–H groups in total. The van der Waals surface area contributed by atoms with Crippen LogP contribution in [0.3, 0.4) is 0 Å². The van der Waals surface area contributed by atoms with E-state index in [9.17, 15) is 0 Å². The lowest BCUT2D eigenvalue weighted by Crippen LogP contribution is -2.07. The van der Waals surface area contributed by atoms with Gasteiger partial charge >= 0.3 is 0 Å². The van der Waals surface area contributed by atoms with Crippen molar-refractivity contribution in [2.24, 2.45) is 0 Å². The van der Waals surface area contributed by atoms with E-state index in [0.717, 1.165) is 19.4 Å². The summed E-state index contributed by atoms with van der Waals surface area (Å²) in [6.45, 7) is 7.50. The number of benzene rings is 2. The summed E-state index contributed by atoms with van der Waals surface area (Å²) in [5, 5.41) is 4.95. The van der Waals surface area contributed by atoms with Gasteiger partial charge in [-0.25, -0.2) is 0 Å². The minimum atomic E-state index is 0.957. The minimum absolute atomic E-state index is 0.957. The van der Waals surface area contributed by atoms with Crippen molar-refractivity contribution < 1.29 is 0 Å². The van der Waals surface area contributed by atoms with Gasteiger partial charge in [-0.05, 0) is 49.4 Å². The first kappa shape index (κ1) is 14.7. The maximum Gasteiger partial charge on any atom is 0.0488 e. The molecule has 3 aromatic rings. The van der Waals surface area contributed by atoms with Crippen molar-refractivity contribution in [2.45, 2.75) is 33.6 Å². The van der Waals surface area contributed by atoms with E-state index in [0.29, 0.717) is 0 Å². The Morgan fingerprint density at radius 3 is 2.50 bits per heavy atom. The molecule has 2 heteroatoms. The molecular weight excluding hydrogens is 268 g/mol. The maximum absolute atomic E-state index is 3.61. The summed E-state index contributed by atoms with van der Waals surface area (Å²) >= 11 is 0. The van der Waals surface area contributed by atoms with Crippen LogP contribution in [-0.2, 0) is 12.8 Å². The van der Waals surface area contributed by atoms with E-state index in [4.69, 9.17) is 0 Å². The lowest BCUT2D eigenvalue weighted by Gasteiger charge is -2.10. The summed E-state index contributed by atoms with van der Waals surface area (Å²) < 4.78 is 0. The van der Waals surface area contributed by atoms with Gasteiger partial charge in [0.25, 0.3) is 0 Å². The van der Waals surface area contributed by atoms with Gasteiger partial charge in [0, 0.05) is 28.8 Å². The van der Waals surface area contributed by atoms with Crippen LogP contribution in [0.1, 0.15) is 29.3 Å². The van der Waals surface area contributed by atoms with E-state index in [2.05, 4.69) is 73.5 Å². The molecule has 0 amide bonds. The van der Waals surface area contributed by atoms with E-state index in [1.807, 2.05) is 0 Å². The van der Waals surface area contributed by atoms with Crippen LogP contribution in [0, 0.1) is 13.8 Å². The molecule has 2 aromatic carbocycles. The van der Waals surface area contributed by atoms with Crippen molar-refractivity contribution in [3.63, 3.8) is 0 Å². The third-order valence-electron chi connectivity index (χ3n) is 4.43.